The number of hydrogen-bond acceptors (Lipinski definition) is 2. The Hall–Kier alpha value is 0.0400. The molecule has 1 fully saturated rings. The third-order valence-electron chi connectivity index (χ3n) is 1.35. The van der Waals surface area contributed by atoms with Gasteiger partial charge in [-0.1, -0.05) is 12.2 Å². The van der Waals surface area contributed by atoms with E-state index < -0.39 is 21.6 Å². The minimum absolute atomic E-state index is 0.190. The fourth-order valence-corrected chi connectivity index (χ4v) is 4.83. The highest BCUT2D eigenvalue weighted by Gasteiger charge is 2.27. The summed E-state index contributed by atoms with van der Waals surface area (Å²) < 4.78 is 21.9. The van der Waals surface area contributed by atoms with Crippen molar-refractivity contribution in [3.63, 3.8) is 0 Å². The average Bonchev–Trinajstić information content (AvgIpc) is 2.20. The number of hydrogen-bond donors (Lipinski definition) is 0. The second-order valence-electron chi connectivity index (χ2n) is 2.06. The van der Waals surface area contributed by atoms with Crippen LogP contribution in [0.25, 0.3) is 0 Å². The molecule has 1 rings (SSSR count). The van der Waals surface area contributed by atoms with Gasteiger partial charge in [0.1, 0.15) is 4.58 Å². The Balaban J connectivity index is 2.72. The lowest BCUT2D eigenvalue weighted by atomic mass is 10.6. The van der Waals surface area contributed by atoms with Crippen molar-refractivity contribution in [2.75, 3.05) is 11.5 Å². The summed E-state index contributed by atoms with van der Waals surface area (Å²) in [5.41, 5.74) is 0. The monoisotopic (exact) mass is 178 g/mol. The average molecular weight is 178 g/mol. The van der Waals surface area contributed by atoms with E-state index in [-0.39, 0.29) is 4.58 Å². The summed E-state index contributed by atoms with van der Waals surface area (Å²) in [7, 11) is -1.76. The van der Waals surface area contributed by atoms with Crippen LogP contribution in [0.4, 0.5) is 0 Å². The summed E-state index contributed by atoms with van der Waals surface area (Å²) in [6.07, 6.45) is 3.59. The van der Waals surface area contributed by atoms with E-state index in [1.807, 2.05) is 13.0 Å². The van der Waals surface area contributed by atoms with Gasteiger partial charge < -0.3 is 0 Å². The Morgan fingerprint density at radius 2 is 1.80 bits per heavy atom. The van der Waals surface area contributed by atoms with E-state index in [1.54, 1.807) is 6.08 Å². The van der Waals surface area contributed by atoms with E-state index in [1.165, 1.54) is 0 Å². The van der Waals surface area contributed by atoms with Gasteiger partial charge in [-0.3, -0.25) is 8.42 Å². The third-order valence-corrected chi connectivity index (χ3v) is 5.46. The van der Waals surface area contributed by atoms with Gasteiger partial charge in [-0.25, -0.2) is 0 Å². The molecule has 1 aliphatic heterocycles. The van der Waals surface area contributed by atoms with Gasteiger partial charge >= 0.3 is 0 Å². The molecule has 0 amide bonds. The van der Waals surface area contributed by atoms with Crippen LogP contribution in [0.2, 0.25) is 0 Å². The van der Waals surface area contributed by atoms with E-state index in [4.69, 9.17) is 0 Å². The van der Waals surface area contributed by atoms with Gasteiger partial charge in [0.05, 0.1) is 0 Å². The van der Waals surface area contributed by atoms with Gasteiger partial charge in [0.2, 0.25) is 0 Å². The van der Waals surface area contributed by atoms with Crippen LogP contribution in [0.15, 0.2) is 12.2 Å². The van der Waals surface area contributed by atoms with Crippen LogP contribution in [-0.2, 0) is 21.6 Å². The van der Waals surface area contributed by atoms with Gasteiger partial charge in [-0.05, 0) is 6.92 Å². The zero-order valence-electron chi connectivity index (χ0n) is 5.78. The molecule has 0 saturated carbocycles. The maximum absolute atomic E-state index is 11.0. The zero-order chi connectivity index (χ0) is 7.56. The second kappa shape index (κ2) is 3.44. The highest BCUT2D eigenvalue weighted by atomic mass is 32.3. The highest BCUT2D eigenvalue weighted by molar-refractivity contribution is 8.06. The molecule has 0 aliphatic carbocycles. The zero-order valence-corrected chi connectivity index (χ0v) is 7.41. The van der Waals surface area contributed by atoms with Crippen molar-refractivity contribution in [1.29, 1.82) is 0 Å². The van der Waals surface area contributed by atoms with Gasteiger partial charge in [0.15, 0.2) is 0 Å². The molecule has 0 spiro atoms. The summed E-state index contributed by atoms with van der Waals surface area (Å²) in [4.78, 5) is 0. The summed E-state index contributed by atoms with van der Waals surface area (Å²) in [5.74, 6) is 1.20. The molecule has 4 heteroatoms. The molecule has 0 radical (unpaired) electrons. The molecular weight excluding hydrogens is 168 g/mol. The van der Waals surface area contributed by atoms with Crippen molar-refractivity contribution in [2.24, 2.45) is 0 Å². The van der Waals surface area contributed by atoms with Crippen LogP contribution in [-0.4, -0.2) is 24.5 Å². The first-order valence-electron chi connectivity index (χ1n) is 3.13. The first kappa shape index (κ1) is 8.14. The van der Waals surface area contributed by atoms with Gasteiger partial charge in [0, 0.05) is 33.1 Å². The lowest BCUT2D eigenvalue weighted by Gasteiger charge is -1.97. The lowest BCUT2D eigenvalue weighted by molar-refractivity contribution is 0.682. The van der Waals surface area contributed by atoms with Crippen LogP contribution in [0.3, 0.4) is 0 Å². The largest absolute Gasteiger partial charge is 0.258 e. The molecule has 1 heterocycles. The van der Waals surface area contributed by atoms with Crippen LogP contribution in [0.1, 0.15) is 6.92 Å². The lowest BCUT2D eigenvalue weighted by Crippen LogP contribution is -2.09. The molecule has 0 bridgehead atoms. The summed E-state index contributed by atoms with van der Waals surface area (Å²) >= 11 is 0. The highest BCUT2D eigenvalue weighted by Crippen LogP contribution is 2.13. The molecule has 0 aromatic rings. The standard InChI is InChI=1S/C6H10O2S2/c1-2-3-6-9(7)4-5-10(6)8/h2-3,6H,4-5H2,1H3/b3-2+/t6?,9-,10+. The summed E-state index contributed by atoms with van der Waals surface area (Å²) in [5, 5.41) is 0. The van der Waals surface area contributed by atoms with Crippen LogP contribution in [0.5, 0.6) is 0 Å². The van der Waals surface area contributed by atoms with Crippen LogP contribution < -0.4 is 0 Å². The van der Waals surface area contributed by atoms with Gasteiger partial charge in [-0.2, -0.15) is 0 Å². The van der Waals surface area contributed by atoms with E-state index in [0.717, 1.165) is 0 Å². The smallest absolute Gasteiger partial charge is 0.128 e. The second-order valence-corrected chi connectivity index (χ2v) is 5.72. The fourth-order valence-electron chi connectivity index (χ4n) is 0.849. The molecule has 58 valence electrons. The molecule has 3 atom stereocenters. The first-order valence-corrected chi connectivity index (χ1v) is 5.89. The normalized spacial score (nSPS) is 41.1. The summed E-state index contributed by atoms with van der Waals surface area (Å²) in [6.45, 7) is 1.85. The molecule has 10 heavy (non-hydrogen) atoms. The molecular formula is C6H10O2S2. The van der Waals surface area contributed by atoms with Crippen molar-refractivity contribution in [2.45, 2.75) is 11.5 Å². The maximum Gasteiger partial charge on any atom is 0.128 e. The van der Waals surface area contributed by atoms with E-state index in [0.29, 0.717) is 11.5 Å². The van der Waals surface area contributed by atoms with Crippen molar-refractivity contribution >= 4 is 21.6 Å². The Morgan fingerprint density at radius 3 is 2.20 bits per heavy atom. The molecule has 2 nitrogen and oxygen atoms in total. The molecule has 0 N–H and O–H groups in total. The van der Waals surface area contributed by atoms with Crippen molar-refractivity contribution in [1.82, 2.24) is 0 Å². The van der Waals surface area contributed by atoms with E-state index in [2.05, 4.69) is 0 Å². The third kappa shape index (κ3) is 1.55. The SMILES string of the molecule is C/C=C/C1[S@](=O)CC[S@@]1=O. The Labute approximate surface area is 65.6 Å². The van der Waals surface area contributed by atoms with Crippen molar-refractivity contribution in [3.05, 3.63) is 12.2 Å². The number of allylic oxidation sites excluding steroid dienone is 1. The molecule has 0 aromatic carbocycles. The minimum Gasteiger partial charge on any atom is -0.258 e. The van der Waals surface area contributed by atoms with Gasteiger partial charge in [0.25, 0.3) is 0 Å². The predicted octanol–water partition coefficient (Wildman–Crippen LogP) is 0.400. The Morgan fingerprint density at radius 1 is 1.30 bits per heavy atom. The number of rotatable bonds is 1. The fraction of sp³-hybridized carbons (Fsp3) is 0.667. The Bertz CT molecular complexity index is 182. The predicted molar refractivity (Wildman–Crippen MR) is 44.6 cm³/mol. The summed E-state index contributed by atoms with van der Waals surface area (Å²) in [6, 6.07) is 0. The van der Waals surface area contributed by atoms with E-state index in [9.17, 15) is 8.42 Å². The maximum atomic E-state index is 11.0. The molecule has 1 saturated heterocycles. The topological polar surface area (TPSA) is 34.1 Å². The van der Waals surface area contributed by atoms with E-state index >= 15 is 0 Å². The minimum atomic E-state index is -0.878. The van der Waals surface area contributed by atoms with Crippen LogP contribution in [0, 0.1) is 0 Å². The van der Waals surface area contributed by atoms with Crippen LogP contribution >= 0.6 is 0 Å². The molecule has 1 aliphatic rings. The first-order chi connectivity index (χ1) is 4.75. The quantitative estimate of drug-likeness (QED) is 0.545. The molecule has 0 aromatic heterocycles. The van der Waals surface area contributed by atoms with Crippen molar-refractivity contribution in [3.8, 4) is 0 Å². The van der Waals surface area contributed by atoms with Gasteiger partial charge in [-0.15, -0.1) is 0 Å². The molecule has 1 unspecified atom stereocenters. The Kier molecular flexibility index (Phi) is 2.80. The van der Waals surface area contributed by atoms with Crippen molar-refractivity contribution < 1.29 is 8.42 Å².